The van der Waals surface area contributed by atoms with Gasteiger partial charge < -0.3 is 9.64 Å². The van der Waals surface area contributed by atoms with E-state index in [0.29, 0.717) is 13.0 Å². The number of nitrogens with zero attached hydrogens (tertiary/aromatic N) is 1. The lowest BCUT2D eigenvalue weighted by Gasteiger charge is -2.22. The Labute approximate surface area is 110 Å². The summed E-state index contributed by atoms with van der Waals surface area (Å²) >= 11 is 0. The monoisotopic (exact) mass is 255 g/mol. The molecule has 0 atom stereocenters. The number of hydrogen-bond acceptors (Lipinski definition) is 3. The van der Waals surface area contributed by atoms with Crippen molar-refractivity contribution < 1.29 is 14.3 Å². The van der Waals surface area contributed by atoms with Crippen LogP contribution in [-0.2, 0) is 14.3 Å². The Morgan fingerprint density at radius 3 is 2.44 bits per heavy atom. The fourth-order valence-corrected chi connectivity index (χ4v) is 2.48. The first-order valence-corrected chi connectivity index (χ1v) is 6.94. The highest BCUT2D eigenvalue weighted by molar-refractivity contribution is 5.77. The SMILES string of the molecule is COC(=O)CCN(C)C(=O)CCC1CCCCC1. The van der Waals surface area contributed by atoms with Crippen molar-refractivity contribution in [3.05, 3.63) is 0 Å². The molecular weight excluding hydrogens is 230 g/mol. The quantitative estimate of drug-likeness (QED) is 0.685. The van der Waals surface area contributed by atoms with Gasteiger partial charge in [-0.05, 0) is 12.3 Å². The lowest BCUT2D eigenvalue weighted by molar-refractivity contribution is -0.141. The molecule has 0 spiro atoms. The third-order valence-corrected chi connectivity index (χ3v) is 3.80. The minimum Gasteiger partial charge on any atom is -0.469 e. The minimum atomic E-state index is -0.262. The van der Waals surface area contributed by atoms with Gasteiger partial charge in [0.05, 0.1) is 13.5 Å². The smallest absolute Gasteiger partial charge is 0.307 e. The van der Waals surface area contributed by atoms with Gasteiger partial charge in [-0.2, -0.15) is 0 Å². The number of hydrogen-bond donors (Lipinski definition) is 0. The van der Waals surface area contributed by atoms with E-state index in [0.717, 1.165) is 12.3 Å². The molecule has 0 saturated heterocycles. The lowest BCUT2D eigenvalue weighted by Crippen LogP contribution is -2.29. The Hall–Kier alpha value is -1.06. The van der Waals surface area contributed by atoms with E-state index in [1.165, 1.54) is 39.2 Å². The van der Waals surface area contributed by atoms with E-state index < -0.39 is 0 Å². The molecule has 104 valence electrons. The summed E-state index contributed by atoms with van der Waals surface area (Å²) in [7, 11) is 3.12. The number of rotatable bonds is 6. The van der Waals surface area contributed by atoms with Crippen LogP contribution in [0.2, 0.25) is 0 Å². The Morgan fingerprint density at radius 2 is 1.83 bits per heavy atom. The molecule has 1 amide bonds. The van der Waals surface area contributed by atoms with Gasteiger partial charge in [0.1, 0.15) is 0 Å². The summed E-state index contributed by atoms with van der Waals surface area (Å²) in [4.78, 5) is 24.5. The number of methoxy groups -OCH3 is 1. The zero-order valence-corrected chi connectivity index (χ0v) is 11.6. The molecule has 0 radical (unpaired) electrons. The highest BCUT2D eigenvalue weighted by Crippen LogP contribution is 2.27. The molecule has 0 aromatic heterocycles. The average molecular weight is 255 g/mol. The van der Waals surface area contributed by atoms with E-state index in [2.05, 4.69) is 4.74 Å². The zero-order chi connectivity index (χ0) is 13.4. The first-order valence-electron chi connectivity index (χ1n) is 6.94. The molecular formula is C14H25NO3. The summed E-state index contributed by atoms with van der Waals surface area (Å²) in [5, 5.41) is 0. The summed E-state index contributed by atoms with van der Waals surface area (Å²) in [5.74, 6) is 0.614. The topological polar surface area (TPSA) is 46.6 Å². The Morgan fingerprint density at radius 1 is 1.17 bits per heavy atom. The van der Waals surface area contributed by atoms with E-state index in [1.54, 1.807) is 11.9 Å². The molecule has 0 aromatic rings. The van der Waals surface area contributed by atoms with Crippen molar-refractivity contribution in [3.63, 3.8) is 0 Å². The molecule has 0 aliphatic heterocycles. The highest BCUT2D eigenvalue weighted by atomic mass is 16.5. The van der Waals surface area contributed by atoms with Gasteiger partial charge in [0.25, 0.3) is 0 Å². The van der Waals surface area contributed by atoms with Crippen molar-refractivity contribution in [1.82, 2.24) is 4.90 Å². The molecule has 0 unspecified atom stereocenters. The molecule has 1 aliphatic carbocycles. The number of amides is 1. The molecule has 0 bridgehead atoms. The van der Waals surface area contributed by atoms with Gasteiger partial charge in [-0.1, -0.05) is 32.1 Å². The second kappa shape index (κ2) is 8.11. The molecule has 4 heteroatoms. The van der Waals surface area contributed by atoms with Crippen LogP contribution in [0.3, 0.4) is 0 Å². The maximum atomic E-state index is 11.9. The first-order chi connectivity index (χ1) is 8.63. The van der Waals surface area contributed by atoms with E-state index in [9.17, 15) is 9.59 Å². The number of carbonyl (C=O) groups is 2. The fourth-order valence-electron chi connectivity index (χ4n) is 2.48. The Balaban J connectivity index is 2.16. The van der Waals surface area contributed by atoms with Gasteiger partial charge in [0.2, 0.25) is 5.91 Å². The van der Waals surface area contributed by atoms with Crippen molar-refractivity contribution in [2.24, 2.45) is 5.92 Å². The number of esters is 1. The molecule has 0 N–H and O–H groups in total. The molecule has 18 heavy (non-hydrogen) atoms. The molecule has 1 aliphatic rings. The van der Waals surface area contributed by atoms with E-state index in [-0.39, 0.29) is 18.3 Å². The second-order valence-corrected chi connectivity index (χ2v) is 5.18. The first kappa shape index (κ1) is 15.0. The van der Waals surface area contributed by atoms with Gasteiger partial charge in [-0.25, -0.2) is 0 Å². The predicted molar refractivity (Wildman–Crippen MR) is 70.1 cm³/mol. The van der Waals surface area contributed by atoms with Crippen LogP contribution in [0.5, 0.6) is 0 Å². The van der Waals surface area contributed by atoms with E-state index in [1.807, 2.05) is 0 Å². The minimum absolute atomic E-state index is 0.143. The molecule has 0 aromatic carbocycles. The third-order valence-electron chi connectivity index (χ3n) is 3.80. The zero-order valence-electron chi connectivity index (χ0n) is 11.6. The van der Waals surface area contributed by atoms with Crippen LogP contribution in [0, 0.1) is 5.92 Å². The van der Waals surface area contributed by atoms with Gasteiger partial charge in [0, 0.05) is 20.0 Å². The van der Waals surface area contributed by atoms with Gasteiger partial charge >= 0.3 is 5.97 Å². The average Bonchev–Trinajstić information content (AvgIpc) is 2.42. The number of ether oxygens (including phenoxy) is 1. The fraction of sp³-hybridized carbons (Fsp3) is 0.857. The summed E-state index contributed by atoms with van der Waals surface area (Å²) < 4.78 is 4.56. The van der Waals surface area contributed by atoms with E-state index in [4.69, 9.17) is 0 Å². The van der Waals surface area contributed by atoms with Gasteiger partial charge in [0.15, 0.2) is 0 Å². The van der Waals surface area contributed by atoms with Crippen molar-refractivity contribution in [1.29, 1.82) is 0 Å². The van der Waals surface area contributed by atoms with E-state index >= 15 is 0 Å². The van der Waals surface area contributed by atoms with Crippen molar-refractivity contribution in [3.8, 4) is 0 Å². The third kappa shape index (κ3) is 5.52. The van der Waals surface area contributed by atoms with Crippen LogP contribution in [-0.4, -0.2) is 37.5 Å². The summed E-state index contributed by atoms with van der Waals surface area (Å²) in [5.41, 5.74) is 0. The lowest BCUT2D eigenvalue weighted by atomic mass is 9.86. The standard InChI is InChI=1S/C14H25NO3/c1-15(11-10-14(17)18-2)13(16)9-8-12-6-4-3-5-7-12/h12H,3-11H2,1-2H3. The molecule has 1 rings (SSSR count). The van der Waals surface area contributed by atoms with Crippen LogP contribution >= 0.6 is 0 Å². The maximum absolute atomic E-state index is 11.9. The molecule has 1 fully saturated rings. The van der Waals surface area contributed by atoms with Gasteiger partial charge in [-0.15, -0.1) is 0 Å². The largest absolute Gasteiger partial charge is 0.469 e. The van der Waals surface area contributed by atoms with Crippen LogP contribution in [0.25, 0.3) is 0 Å². The summed E-state index contributed by atoms with van der Waals surface area (Å²) in [6, 6.07) is 0. The van der Waals surface area contributed by atoms with Crippen LogP contribution in [0.4, 0.5) is 0 Å². The highest BCUT2D eigenvalue weighted by Gasteiger charge is 2.16. The van der Waals surface area contributed by atoms with Gasteiger partial charge in [-0.3, -0.25) is 9.59 Å². The van der Waals surface area contributed by atoms with Crippen molar-refractivity contribution in [2.45, 2.75) is 51.4 Å². The molecule has 0 heterocycles. The van der Waals surface area contributed by atoms with Crippen LogP contribution < -0.4 is 0 Å². The molecule has 1 saturated carbocycles. The Bertz CT molecular complexity index is 272. The predicted octanol–water partition coefficient (Wildman–Crippen LogP) is 2.37. The second-order valence-electron chi connectivity index (χ2n) is 5.18. The maximum Gasteiger partial charge on any atom is 0.307 e. The molecule has 4 nitrogen and oxygen atoms in total. The summed E-state index contributed by atoms with van der Waals surface area (Å²) in [6.45, 7) is 0.455. The van der Waals surface area contributed by atoms with Crippen molar-refractivity contribution in [2.75, 3.05) is 20.7 Å². The summed E-state index contributed by atoms with van der Waals surface area (Å²) in [6.07, 6.45) is 8.43. The van der Waals surface area contributed by atoms with Crippen LogP contribution in [0.1, 0.15) is 51.4 Å². The Kier molecular flexibility index (Phi) is 6.76. The number of carbonyl (C=O) groups excluding carboxylic acids is 2. The normalized spacial score (nSPS) is 16.3. The van der Waals surface area contributed by atoms with Crippen LogP contribution in [0.15, 0.2) is 0 Å². The van der Waals surface area contributed by atoms with Crippen molar-refractivity contribution >= 4 is 11.9 Å².